The Labute approximate surface area is 111 Å². The third-order valence-electron chi connectivity index (χ3n) is 2.55. The molecule has 0 saturated heterocycles. The molecule has 1 heterocycles. The van der Waals surface area contributed by atoms with E-state index < -0.39 is 11.7 Å². The number of aromatic nitrogens is 1. The van der Waals surface area contributed by atoms with Gasteiger partial charge < -0.3 is 4.74 Å². The summed E-state index contributed by atoms with van der Waals surface area (Å²) >= 11 is 5.94. The maximum absolute atomic E-state index is 12.8. The van der Waals surface area contributed by atoms with Crippen molar-refractivity contribution in [2.45, 2.75) is 6.18 Å². The monoisotopic (exact) mass is 286 g/mol. The zero-order valence-electron chi connectivity index (χ0n) is 9.55. The number of alkyl halides is 3. The van der Waals surface area contributed by atoms with Crippen LogP contribution in [-0.2, 0) is 6.18 Å². The number of hydrogen-bond donors (Lipinski definition) is 0. The van der Waals surface area contributed by atoms with Crippen LogP contribution in [0.15, 0.2) is 18.3 Å². The Hall–Kier alpha value is -2.00. The first-order valence-electron chi connectivity index (χ1n) is 5.02. The summed E-state index contributed by atoms with van der Waals surface area (Å²) in [6.45, 7) is 0. The van der Waals surface area contributed by atoms with Gasteiger partial charge in [0, 0.05) is 11.6 Å². The van der Waals surface area contributed by atoms with E-state index in [2.05, 4.69) is 4.98 Å². The van der Waals surface area contributed by atoms with Gasteiger partial charge in [0.25, 0.3) is 0 Å². The number of nitrogens with zero attached hydrogens (tertiary/aromatic N) is 2. The maximum atomic E-state index is 12.8. The molecule has 0 atom stereocenters. The van der Waals surface area contributed by atoms with E-state index >= 15 is 0 Å². The number of benzene rings is 1. The number of pyridine rings is 1. The number of fused-ring (bicyclic) bond motifs is 1. The molecule has 0 bridgehead atoms. The molecule has 0 amide bonds. The molecule has 2 rings (SSSR count). The van der Waals surface area contributed by atoms with Crippen molar-refractivity contribution in [3.05, 3.63) is 34.5 Å². The van der Waals surface area contributed by atoms with E-state index in [1.54, 1.807) is 0 Å². The largest absolute Gasteiger partial charge is 0.496 e. The minimum absolute atomic E-state index is 0.0529. The Morgan fingerprint density at radius 3 is 2.58 bits per heavy atom. The summed E-state index contributed by atoms with van der Waals surface area (Å²) in [5.74, 6) is -0.362. The average molecular weight is 287 g/mol. The van der Waals surface area contributed by atoms with Crippen LogP contribution in [0.1, 0.15) is 11.1 Å². The number of rotatable bonds is 1. The molecule has 0 aliphatic heterocycles. The number of halogens is 4. The predicted molar refractivity (Wildman–Crippen MR) is 63.0 cm³/mol. The van der Waals surface area contributed by atoms with E-state index in [-0.39, 0.29) is 27.2 Å². The molecule has 0 saturated carbocycles. The number of hydrogen-bond acceptors (Lipinski definition) is 3. The van der Waals surface area contributed by atoms with Crippen molar-refractivity contribution >= 4 is 22.5 Å². The van der Waals surface area contributed by atoms with Crippen LogP contribution in [-0.4, -0.2) is 12.1 Å². The zero-order valence-corrected chi connectivity index (χ0v) is 10.3. The smallest absolute Gasteiger partial charge is 0.420 e. The van der Waals surface area contributed by atoms with Crippen molar-refractivity contribution in [2.24, 2.45) is 0 Å². The molecule has 98 valence electrons. The molecule has 0 fully saturated rings. The van der Waals surface area contributed by atoms with E-state index in [9.17, 15) is 13.2 Å². The van der Waals surface area contributed by atoms with Crippen LogP contribution >= 0.6 is 11.6 Å². The molecule has 2 aromatic rings. The highest BCUT2D eigenvalue weighted by atomic mass is 35.5. The first-order valence-corrected chi connectivity index (χ1v) is 5.40. The van der Waals surface area contributed by atoms with Crippen molar-refractivity contribution in [3.8, 4) is 11.8 Å². The van der Waals surface area contributed by atoms with Gasteiger partial charge in [-0.25, -0.2) is 0 Å². The second-order valence-corrected chi connectivity index (χ2v) is 4.04. The van der Waals surface area contributed by atoms with Crippen LogP contribution in [0, 0.1) is 11.3 Å². The van der Waals surface area contributed by atoms with Crippen molar-refractivity contribution < 1.29 is 17.9 Å². The highest BCUT2D eigenvalue weighted by Gasteiger charge is 2.35. The van der Waals surface area contributed by atoms with E-state index in [0.717, 1.165) is 25.4 Å². The fraction of sp³-hybridized carbons (Fsp3) is 0.167. The number of ether oxygens (including phenoxy) is 1. The second-order valence-electron chi connectivity index (χ2n) is 3.67. The van der Waals surface area contributed by atoms with Crippen LogP contribution < -0.4 is 4.74 Å². The predicted octanol–water partition coefficient (Wildman–Crippen LogP) is 3.79. The molecule has 0 aliphatic rings. The lowest BCUT2D eigenvalue weighted by atomic mass is 10.1. The number of nitriles is 1. The number of methoxy groups -OCH3 is 1. The molecule has 1 aromatic heterocycles. The van der Waals surface area contributed by atoms with Crippen molar-refractivity contribution in [1.82, 2.24) is 4.98 Å². The average Bonchev–Trinajstić information content (AvgIpc) is 2.37. The zero-order chi connectivity index (χ0) is 14.2. The van der Waals surface area contributed by atoms with Gasteiger partial charge in [-0.1, -0.05) is 11.6 Å². The summed E-state index contributed by atoms with van der Waals surface area (Å²) in [7, 11) is 1.13. The molecular weight excluding hydrogens is 281 g/mol. The molecule has 19 heavy (non-hydrogen) atoms. The van der Waals surface area contributed by atoms with Crippen LogP contribution in [0.4, 0.5) is 13.2 Å². The lowest BCUT2D eigenvalue weighted by molar-refractivity contribution is -0.138. The highest BCUT2D eigenvalue weighted by molar-refractivity contribution is 6.36. The Bertz CT molecular complexity index is 692. The first-order chi connectivity index (χ1) is 8.88. The Kier molecular flexibility index (Phi) is 3.25. The van der Waals surface area contributed by atoms with Gasteiger partial charge in [-0.3, -0.25) is 4.98 Å². The van der Waals surface area contributed by atoms with Crippen LogP contribution in [0.2, 0.25) is 5.02 Å². The van der Waals surface area contributed by atoms with Gasteiger partial charge in [0.2, 0.25) is 0 Å². The van der Waals surface area contributed by atoms with E-state index in [0.29, 0.717) is 0 Å². The van der Waals surface area contributed by atoms with Gasteiger partial charge in [0.15, 0.2) is 0 Å². The summed E-state index contributed by atoms with van der Waals surface area (Å²) in [4.78, 5) is 3.80. The molecule has 1 aromatic carbocycles. The Balaban J connectivity index is 2.83. The molecule has 0 aliphatic carbocycles. The Morgan fingerprint density at radius 1 is 1.37 bits per heavy atom. The summed E-state index contributed by atoms with van der Waals surface area (Å²) in [6, 6.07) is 3.79. The summed E-state index contributed by atoms with van der Waals surface area (Å²) in [5, 5.41) is 9.10. The first kappa shape index (κ1) is 13.4. The molecule has 3 nitrogen and oxygen atoms in total. The van der Waals surface area contributed by atoms with Crippen molar-refractivity contribution in [2.75, 3.05) is 7.11 Å². The summed E-state index contributed by atoms with van der Waals surface area (Å²) in [6.07, 6.45) is -3.42. The quantitative estimate of drug-likeness (QED) is 0.801. The van der Waals surface area contributed by atoms with Gasteiger partial charge in [0.1, 0.15) is 11.8 Å². The fourth-order valence-corrected chi connectivity index (χ4v) is 1.90. The van der Waals surface area contributed by atoms with Gasteiger partial charge >= 0.3 is 6.18 Å². The van der Waals surface area contributed by atoms with Gasteiger partial charge in [-0.2, -0.15) is 18.4 Å². The van der Waals surface area contributed by atoms with Crippen molar-refractivity contribution in [3.63, 3.8) is 0 Å². The normalized spacial score (nSPS) is 11.4. The lowest BCUT2D eigenvalue weighted by Gasteiger charge is -2.13. The van der Waals surface area contributed by atoms with E-state index in [4.69, 9.17) is 21.6 Å². The van der Waals surface area contributed by atoms with Crippen molar-refractivity contribution in [1.29, 1.82) is 5.26 Å². The molecule has 0 radical (unpaired) electrons. The van der Waals surface area contributed by atoms with Crippen LogP contribution in [0.5, 0.6) is 5.75 Å². The van der Waals surface area contributed by atoms with E-state index in [1.807, 2.05) is 6.07 Å². The Morgan fingerprint density at radius 2 is 2.05 bits per heavy atom. The second kappa shape index (κ2) is 4.59. The summed E-state index contributed by atoms with van der Waals surface area (Å²) in [5.41, 5.74) is -0.788. The maximum Gasteiger partial charge on any atom is 0.420 e. The lowest BCUT2D eigenvalue weighted by Crippen LogP contribution is -2.07. The SMILES string of the molecule is COc1cc2c(Cl)c(C#N)cnc2cc1C(F)(F)F. The van der Waals surface area contributed by atoms with Crippen LogP contribution in [0.3, 0.4) is 0 Å². The third-order valence-corrected chi connectivity index (χ3v) is 2.96. The molecule has 0 unspecified atom stereocenters. The van der Waals surface area contributed by atoms with E-state index in [1.165, 1.54) is 0 Å². The summed E-state index contributed by atoms with van der Waals surface area (Å²) < 4.78 is 43.2. The molecular formula is C12H6ClF3N2O. The molecule has 0 N–H and O–H groups in total. The minimum Gasteiger partial charge on any atom is -0.496 e. The fourth-order valence-electron chi connectivity index (χ4n) is 1.66. The van der Waals surface area contributed by atoms with Gasteiger partial charge in [-0.05, 0) is 12.1 Å². The van der Waals surface area contributed by atoms with Gasteiger partial charge in [0.05, 0.1) is 28.8 Å². The molecule has 7 heteroatoms. The highest BCUT2D eigenvalue weighted by Crippen LogP contribution is 2.39. The minimum atomic E-state index is -4.55. The topological polar surface area (TPSA) is 45.9 Å². The van der Waals surface area contributed by atoms with Crippen LogP contribution in [0.25, 0.3) is 10.9 Å². The molecule has 0 spiro atoms. The standard InChI is InChI=1S/C12H6ClF3N2O/c1-19-10-2-7-9(3-8(10)12(14,15)16)18-5-6(4-17)11(7)13/h2-3,5H,1H3. The third kappa shape index (κ3) is 2.29. The van der Waals surface area contributed by atoms with Gasteiger partial charge in [-0.15, -0.1) is 0 Å².